The van der Waals surface area contributed by atoms with E-state index in [1.165, 1.54) is 15.3 Å². The van der Waals surface area contributed by atoms with E-state index in [0.717, 1.165) is 18.7 Å². The first-order chi connectivity index (χ1) is 9.81. The minimum absolute atomic E-state index is 0.414. The normalized spacial score (nSPS) is 20.9. The van der Waals surface area contributed by atoms with Crippen LogP contribution in [0.25, 0.3) is 0 Å². The molecule has 1 aliphatic carbocycles. The van der Waals surface area contributed by atoms with E-state index in [1.807, 2.05) is 23.1 Å². The molecular weight excluding hydrogens is 286 g/mol. The molecule has 1 aliphatic rings. The van der Waals surface area contributed by atoms with Crippen LogP contribution in [0.1, 0.15) is 24.1 Å². The maximum Gasteiger partial charge on any atom is 0.119 e. The van der Waals surface area contributed by atoms with Crippen molar-refractivity contribution in [3.05, 3.63) is 46.8 Å². The lowest BCUT2D eigenvalue weighted by atomic mass is 10.1. The van der Waals surface area contributed by atoms with Gasteiger partial charge < -0.3 is 10.1 Å². The van der Waals surface area contributed by atoms with Crippen LogP contribution in [0.2, 0.25) is 0 Å². The number of thiophene rings is 1. The quantitative estimate of drug-likeness (QED) is 0.897. The Morgan fingerprint density at radius 3 is 3.00 bits per heavy atom. The predicted octanol–water partition coefficient (Wildman–Crippen LogP) is 4.12. The lowest BCUT2D eigenvalue weighted by molar-refractivity contribution is 0.413. The fourth-order valence-corrected chi connectivity index (χ4v) is 5.07. The average molecular weight is 305 g/mol. The summed E-state index contributed by atoms with van der Waals surface area (Å²) in [6, 6.07) is 11.2. The van der Waals surface area contributed by atoms with Gasteiger partial charge in [-0.15, -0.1) is 23.1 Å². The molecule has 2 atom stereocenters. The maximum absolute atomic E-state index is 5.37. The molecule has 2 unspecified atom stereocenters. The summed E-state index contributed by atoms with van der Waals surface area (Å²) in [5.74, 6) is 0.952. The number of methoxy groups -OCH3 is 1. The molecule has 2 nitrogen and oxygen atoms in total. The van der Waals surface area contributed by atoms with Crippen LogP contribution in [0.5, 0.6) is 5.75 Å². The van der Waals surface area contributed by atoms with Gasteiger partial charge in [0.2, 0.25) is 0 Å². The van der Waals surface area contributed by atoms with Crippen molar-refractivity contribution in [2.45, 2.75) is 28.8 Å². The molecule has 0 saturated heterocycles. The highest BCUT2D eigenvalue weighted by molar-refractivity contribution is 8.01. The zero-order chi connectivity index (χ0) is 13.9. The molecule has 0 saturated carbocycles. The molecule has 3 rings (SSSR count). The first kappa shape index (κ1) is 14.0. The van der Waals surface area contributed by atoms with Gasteiger partial charge in [0.1, 0.15) is 5.75 Å². The Morgan fingerprint density at radius 1 is 1.40 bits per heavy atom. The van der Waals surface area contributed by atoms with Crippen molar-refractivity contribution < 1.29 is 4.74 Å². The van der Waals surface area contributed by atoms with E-state index in [9.17, 15) is 0 Å². The van der Waals surface area contributed by atoms with Crippen molar-refractivity contribution in [1.82, 2.24) is 5.32 Å². The van der Waals surface area contributed by atoms with Crippen molar-refractivity contribution in [1.29, 1.82) is 0 Å². The van der Waals surface area contributed by atoms with E-state index in [0.29, 0.717) is 11.3 Å². The smallest absolute Gasteiger partial charge is 0.119 e. The van der Waals surface area contributed by atoms with E-state index in [-0.39, 0.29) is 0 Å². The van der Waals surface area contributed by atoms with Gasteiger partial charge in [-0.25, -0.2) is 0 Å². The SMILES string of the molecule is CCNC1c2cc(OC)ccc2CC1Sc1cccs1. The van der Waals surface area contributed by atoms with E-state index < -0.39 is 0 Å². The Balaban J connectivity index is 1.86. The van der Waals surface area contributed by atoms with Crippen molar-refractivity contribution in [2.75, 3.05) is 13.7 Å². The predicted molar refractivity (Wildman–Crippen MR) is 87.1 cm³/mol. The third-order valence-electron chi connectivity index (χ3n) is 3.67. The highest BCUT2D eigenvalue weighted by Crippen LogP contribution is 2.43. The molecule has 0 bridgehead atoms. The van der Waals surface area contributed by atoms with Gasteiger partial charge in [0.05, 0.1) is 11.3 Å². The van der Waals surface area contributed by atoms with Crippen LogP contribution >= 0.6 is 23.1 Å². The summed E-state index contributed by atoms with van der Waals surface area (Å²) >= 11 is 3.82. The number of benzene rings is 1. The molecule has 4 heteroatoms. The summed E-state index contributed by atoms with van der Waals surface area (Å²) in [6.45, 7) is 3.16. The molecule has 0 amide bonds. The number of rotatable bonds is 5. The molecule has 0 aliphatic heterocycles. The van der Waals surface area contributed by atoms with Gasteiger partial charge in [-0.2, -0.15) is 0 Å². The zero-order valence-corrected chi connectivity index (χ0v) is 13.4. The van der Waals surface area contributed by atoms with Crippen molar-refractivity contribution >= 4 is 23.1 Å². The van der Waals surface area contributed by atoms with Crippen LogP contribution < -0.4 is 10.1 Å². The third-order valence-corrected chi connectivity index (χ3v) is 6.02. The summed E-state index contributed by atoms with van der Waals surface area (Å²) in [5, 5.41) is 6.36. The van der Waals surface area contributed by atoms with Crippen molar-refractivity contribution in [3.8, 4) is 5.75 Å². The lowest BCUT2D eigenvalue weighted by Gasteiger charge is -2.20. The second kappa shape index (κ2) is 6.20. The monoisotopic (exact) mass is 305 g/mol. The summed E-state index contributed by atoms with van der Waals surface area (Å²) in [6.07, 6.45) is 1.12. The first-order valence-corrected chi connectivity index (χ1v) is 8.68. The maximum atomic E-state index is 5.37. The highest BCUT2D eigenvalue weighted by Gasteiger charge is 2.33. The number of nitrogens with one attached hydrogen (secondary N) is 1. The number of ether oxygens (including phenoxy) is 1. The molecule has 106 valence electrons. The molecule has 0 spiro atoms. The van der Waals surface area contributed by atoms with Crippen LogP contribution in [0.3, 0.4) is 0 Å². The molecule has 2 aromatic rings. The largest absolute Gasteiger partial charge is 0.497 e. The summed E-state index contributed by atoms with van der Waals surface area (Å²) in [7, 11) is 1.73. The topological polar surface area (TPSA) is 21.3 Å². The van der Waals surface area contributed by atoms with Gasteiger partial charge in [0, 0.05) is 11.3 Å². The van der Waals surface area contributed by atoms with E-state index >= 15 is 0 Å². The second-order valence-corrected chi connectivity index (χ2v) is 7.38. The highest BCUT2D eigenvalue weighted by atomic mass is 32.2. The van der Waals surface area contributed by atoms with Gasteiger partial charge in [0.15, 0.2) is 0 Å². The van der Waals surface area contributed by atoms with Gasteiger partial charge in [0.25, 0.3) is 0 Å². The summed E-state index contributed by atoms with van der Waals surface area (Å²) in [5.41, 5.74) is 2.85. The molecule has 1 aromatic heterocycles. The minimum atomic E-state index is 0.414. The molecule has 1 heterocycles. The Bertz CT molecular complexity index is 568. The van der Waals surface area contributed by atoms with Gasteiger partial charge in [-0.05, 0) is 47.7 Å². The summed E-state index contributed by atoms with van der Waals surface area (Å²) in [4.78, 5) is 0. The molecular formula is C16H19NOS2. The Labute approximate surface area is 128 Å². The zero-order valence-electron chi connectivity index (χ0n) is 11.8. The van der Waals surface area contributed by atoms with Gasteiger partial charge >= 0.3 is 0 Å². The van der Waals surface area contributed by atoms with Crippen LogP contribution in [0, 0.1) is 0 Å². The summed E-state index contributed by atoms with van der Waals surface area (Å²) < 4.78 is 6.78. The Hall–Kier alpha value is -0.970. The molecule has 1 aromatic carbocycles. The van der Waals surface area contributed by atoms with E-state index in [1.54, 1.807) is 7.11 Å². The Morgan fingerprint density at radius 2 is 2.30 bits per heavy atom. The van der Waals surface area contributed by atoms with Gasteiger partial charge in [-0.1, -0.05) is 19.1 Å². The van der Waals surface area contributed by atoms with Crippen molar-refractivity contribution in [3.63, 3.8) is 0 Å². The average Bonchev–Trinajstić information content (AvgIpc) is 3.08. The van der Waals surface area contributed by atoms with Crippen LogP contribution in [-0.4, -0.2) is 18.9 Å². The third kappa shape index (κ3) is 2.73. The fourth-order valence-electron chi connectivity index (χ4n) is 2.76. The number of fused-ring (bicyclic) bond motifs is 1. The van der Waals surface area contributed by atoms with Crippen LogP contribution in [0.4, 0.5) is 0 Å². The fraction of sp³-hybridized carbons (Fsp3) is 0.375. The van der Waals surface area contributed by atoms with E-state index in [4.69, 9.17) is 4.74 Å². The lowest BCUT2D eigenvalue weighted by Crippen LogP contribution is -2.26. The molecule has 20 heavy (non-hydrogen) atoms. The first-order valence-electron chi connectivity index (χ1n) is 6.92. The molecule has 1 N–H and O–H groups in total. The van der Waals surface area contributed by atoms with Crippen LogP contribution in [0.15, 0.2) is 39.9 Å². The molecule has 0 fully saturated rings. The van der Waals surface area contributed by atoms with Crippen LogP contribution in [-0.2, 0) is 6.42 Å². The van der Waals surface area contributed by atoms with Crippen molar-refractivity contribution in [2.24, 2.45) is 0 Å². The minimum Gasteiger partial charge on any atom is -0.497 e. The number of thioether (sulfide) groups is 1. The van der Waals surface area contributed by atoms with Gasteiger partial charge in [-0.3, -0.25) is 0 Å². The number of hydrogen-bond acceptors (Lipinski definition) is 4. The number of hydrogen-bond donors (Lipinski definition) is 1. The van der Waals surface area contributed by atoms with E-state index in [2.05, 4.69) is 48.0 Å². The Kier molecular flexibility index (Phi) is 4.34. The molecule has 0 radical (unpaired) electrons. The second-order valence-electron chi connectivity index (χ2n) is 4.89. The standard InChI is InChI=1S/C16H19NOS2/c1-3-17-16-13-10-12(18-2)7-6-11(13)9-14(16)20-15-5-4-8-19-15/h4-8,10,14,16-17H,3,9H2,1-2H3.